The summed E-state index contributed by atoms with van der Waals surface area (Å²) >= 11 is 0. The van der Waals surface area contributed by atoms with Crippen molar-refractivity contribution in [2.75, 3.05) is 37.7 Å². The van der Waals surface area contributed by atoms with Gasteiger partial charge < -0.3 is 14.5 Å². The van der Waals surface area contributed by atoms with Gasteiger partial charge in [0, 0.05) is 39.0 Å². The van der Waals surface area contributed by atoms with Gasteiger partial charge in [-0.1, -0.05) is 0 Å². The summed E-state index contributed by atoms with van der Waals surface area (Å²) in [7, 11) is 0. The lowest BCUT2D eigenvalue weighted by molar-refractivity contribution is -0.141. The molecule has 20 heavy (non-hydrogen) atoms. The highest BCUT2D eigenvalue weighted by Gasteiger charge is 2.30. The molecule has 0 radical (unpaired) electrons. The highest BCUT2D eigenvalue weighted by atomic mass is 16.5. The molecule has 0 saturated carbocycles. The Morgan fingerprint density at radius 2 is 2.10 bits per heavy atom. The number of piperazine rings is 1. The zero-order chi connectivity index (χ0) is 13.9. The van der Waals surface area contributed by atoms with Gasteiger partial charge in [0.05, 0.1) is 11.9 Å². The molecular formula is C14H20N4O2. The summed E-state index contributed by atoms with van der Waals surface area (Å²) in [5.74, 6) is 1.05. The van der Waals surface area contributed by atoms with Gasteiger partial charge >= 0.3 is 0 Å². The van der Waals surface area contributed by atoms with E-state index in [1.54, 1.807) is 12.4 Å². The molecular weight excluding hydrogens is 256 g/mol. The molecule has 0 aromatic carbocycles. The van der Waals surface area contributed by atoms with Crippen LogP contribution in [0.1, 0.15) is 18.5 Å². The van der Waals surface area contributed by atoms with Gasteiger partial charge in [-0.25, -0.2) is 4.98 Å². The number of ether oxygens (including phenoxy) is 1. The summed E-state index contributed by atoms with van der Waals surface area (Å²) in [4.78, 5) is 25.0. The van der Waals surface area contributed by atoms with E-state index in [1.165, 1.54) is 0 Å². The van der Waals surface area contributed by atoms with Gasteiger partial charge in [-0.2, -0.15) is 0 Å². The fraction of sp³-hybridized carbons (Fsp3) is 0.643. The quantitative estimate of drug-likeness (QED) is 0.792. The van der Waals surface area contributed by atoms with E-state index in [4.69, 9.17) is 4.74 Å². The molecule has 108 valence electrons. The van der Waals surface area contributed by atoms with E-state index in [1.807, 2.05) is 11.8 Å². The summed E-state index contributed by atoms with van der Waals surface area (Å²) in [5, 5.41) is 0. The van der Waals surface area contributed by atoms with Crippen molar-refractivity contribution in [1.29, 1.82) is 0 Å². The van der Waals surface area contributed by atoms with Crippen LogP contribution in [-0.2, 0) is 9.53 Å². The topological polar surface area (TPSA) is 58.6 Å². The lowest BCUT2D eigenvalue weighted by Gasteiger charge is -2.36. The highest BCUT2D eigenvalue weighted by molar-refractivity contribution is 5.81. The first-order valence-electron chi connectivity index (χ1n) is 7.18. The molecule has 3 rings (SSSR count). The van der Waals surface area contributed by atoms with Crippen LogP contribution < -0.4 is 4.90 Å². The minimum absolute atomic E-state index is 0.150. The Balaban J connectivity index is 1.58. The third kappa shape index (κ3) is 2.75. The van der Waals surface area contributed by atoms with Crippen LogP contribution in [0.25, 0.3) is 0 Å². The highest BCUT2D eigenvalue weighted by Crippen LogP contribution is 2.17. The third-order valence-electron chi connectivity index (χ3n) is 3.86. The summed E-state index contributed by atoms with van der Waals surface area (Å²) < 4.78 is 5.47. The van der Waals surface area contributed by atoms with Crippen LogP contribution in [0.15, 0.2) is 12.4 Å². The zero-order valence-electron chi connectivity index (χ0n) is 11.8. The first kappa shape index (κ1) is 13.3. The van der Waals surface area contributed by atoms with Gasteiger partial charge in [0.1, 0.15) is 11.9 Å². The second kappa shape index (κ2) is 5.75. The molecule has 6 nitrogen and oxygen atoms in total. The largest absolute Gasteiger partial charge is 0.368 e. The van der Waals surface area contributed by atoms with Crippen LogP contribution in [0.3, 0.4) is 0 Å². The average Bonchev–Trinajstić information content (AvgIpc) is 3.01. The molecule has 3 heterocycles. The van der Waals surface area contributed by atoms with Gasteiger partial charge in [0.15, 0.2) is 0 Å². The Labute approximate surface area is 118 Å². The number of hydrogen-bond donors (Lipinski definition) is 0. The van der Waals surface area contributed by atoms with Gasteiger partial charge in [0.2, 0.25) is 0 Å². The number of aryl methyl sites for hydroxylation is 1. The van der Waals surface area contributed by atoms with E-state index in [0.717, 1.165) is 57.1 Å². The summed E-state index contributed by atoms with van der Waals surface area (Å²) in [5.41, 5.74) is 0.917. The number of nitrogens with zero attached hydrogens (tertiary/aromatic N) is 4. The van der Waals surface area contributed by atoms with E-state index in [9.17, 15) is 4.79 Å². The van der Waals surface area contributed by atoms with Crippen molar-refractivity contribution in [3.8, 4) is 0 Å². The zero-order valence-corrected chi connectivity index (χ0v) is 11.8. The van der Waals surface area contributed by atoms with Gasteiger partial charge in [-0.15, -0.1) is 0 Å². The Morgan fingerprint density at radius 3 is 2.75 bits per heavy atom. The molecule has 2 aliphatic rings. The van der Waals surface area contributed by atoms with Gasteiger partial charge in [-0.3, -0.25) is 9.78 Å². The third-order valence-corrected chi connectivity index (χ3v) is 3.86. The second-order valence-corrected chi connectivity index (χ2v) is 5.33. The van der Waals surface area contributed by atoms with E-state index in [0.29, 0.717) is 0 Å². The number of amides is 1. The van der Waals surface area contributed by atoms with Gasteiger partial charge in [-0.05, 0) is 19.8 Å². The Hall–Kier alpha value is -1.69. The molecule has 0 spiro atoms. The minimum atomic E-state index is -0.208. The smallest absolute Gasteiger partial charge is 0.251 e. The lowest BCUT2D eigenvalue weighted by atomic mass is 10.2. The monoisotopic (exact) mass is 276 g/mol. The predicted octanol–water partition coefficient (Wildman–Crippen LogP) is 0.613. The van der Waals surface area contributed by atoms with Crippen LogP contribution >= 0.6 is 0 Å². The Kier molecular flexibility index (Phi) is 3.82. The van der Waals surface area contributed by atoms with Crippen molar-refractivity contribution < 1.29 is 9.53 Å². The first-order chi connectivity index (χ1) is 9.74. The normalized spacial score (nSPS) is 23.1. The molecule has 0 N–H and O–H groups in total. The summed E-state index contributed by atoms with van der Waals surface area (Å²) in [6.07, 6.45) is 5.18. The second-order valence-electron chi connectivity index (χ2n) is 5.33. The molecule has 1 aromatic heterocycles. The maximum atomic E-state index is 12.3. The van der Waals surface area contributed by atoms with E-state index in [-0.39, 0.29) is 12.0 Å². The molecule has 0 bridgehead atoms. The SMILES string of the molecule is Cc1cncc(N2CCN(C(=O)C3CCCO3)CC2)n1. The van der Waals surface area contributed by atoms with Crippen LogP contribution in [0, 0.1) is 6.92 Å². The maximum absolute atomic E-state index is 12.3. The summed E-state index contributed by atoms with van der Waals surface area (Å²) in [6.45, 7) is 5.72. The van der Waals surface area contributed by atoms with Crippen molar-refractivity contribution in [3.05, 3.63) is 18.1 Å². The van der Waals surface area contributed by atoms with E-state index < -0.39 is 0 Å². The number of carbonyl (C=O) groups excluding carboxylic acids is 1. The molecule has 1 aromatic rings. The average molecular weight is 276 g/mol. The first-order valence-corrected chi connectivity index (χ1v) is 7.18. The Bertz CT molecular complexity index is 480. The molecule has 1 amide bonds. The van der Waals surface area contributed by atoms with Crippen molar-refractivity contribution in [2.45, 2.75) is 25.9 Å². The number of rotatable bonds is 2. The van der Waals surface area contributed by atoms with Crippen LogP contribution in [-0.4, -0.2) is 59.7 Å². The molecule has 0 aliphatic carbocycles. The number of aromatic nitrogens is 2. The van der Waals surface area contributed by atoms with Crippen molar-refractivity contribution in [1.82, 2.24) is 14.9 Å². The van der Waals surface area contributed by atoms with E-state index >= 15 is 0 Å². The predicted molar refractivity (Wildman–Crippen MR) is 74.5 cm³/mol. The fourth-order valence-electron chi connectivity index (χ4n) is 2.73. The molecule has 2 fully saturated rings. The number of carbonyl (C=O) groups is 1. The van der Waals surface area contributed by atoms with Crippen LogP contribution in [0.4, 0.5) is 5.82 Å². The minimum Gasteiger partial charge on any atom is -0.368 e. The molecule has 1 unspecified atom stereocenters. The summed E-state index contributed by atoms with van der Waals surface area (Å²) in [6, 6.07) is 0. The molecule has 1 atom stereocenters. The fourth-order valence-corrected chi connectivity index (χ4v) is 2.73. The molecule has 2 saturated heterocycles. The lowest BCUT2D eigenvalue weighted by Crippen LogP contribution is -2.51. The van der Waals surface area contributed by atoms with Crippen LogP contribution in [0.2, 0.25) is 0 Å². The van der Waals surface area contributed by atoms with Crippen LogP contribution in [0.5, 0.6) is 0 Å². The Morgan fingerprint density at radius 1 is 1.30 bits per heavy atom. The van der Waals surface area contributed by atoms with E-state index in [2.05, 4.69) is 14.9 Å². The van der Waals surface area contributed by atoms with Crippen molar-refractivity contribution in [2.24, 2.45) is 0 Å². The van der Waals surface area contributed by atoms with Crippen molar-refractivity contribution >= 4 is 11.7 Å². The van der Waals surface area contributed by atoms with Gasteiger partial charge in [0.25, 0.3) is 5.91 Å². The number of hydrogen-bond acceptors (Lipinski definition) is 5. The van der Waals surface area contributed by atoms with Crippen molar-refractivity contribution in [3.63, 3.8) is 0 Å². The number of anilines is 1. The maximum Gasteiger partial charge on any atom is 0.251 e. The standard InChI is InChI=1S/C14H20N4O2/c1-11-9-15-10-13(16-11)17-4-6-18(7-5-17)14(19)12-3-2-8-20-12/h9-10,12H,2-8H2,1H3. The molecule has 2 aliphatic heterocycles. The molecule has 6 heteroatoms.